The molecule has 2 aromatic carbocycles. The number of hydrogen-bond donors (Lipinski definition) is 2. The van der Waals surface area contributed by atoms with E-state index < -0.39 is 0 Å². The van der Waals surface area contributed by atoms with Gasteiger partial charge in [0, 0.05) is 11.9 Å². The number of ether oxygens (including phenoxy) is 1. The number of hydrogen-bond acceptors (Lipinski definition) is 6. The molecule has 1 aliphatic rings. The van der Waals surface area contributed by atoms with E-state index in [1.807, 2.05) is 55.5 Å². The summed E-state index contributed by atoms with van der Waals surface area (Å²) >= 11 is 5.11. The number of isocyanates is 1. The van der Waals surface area contributed by atoms with Crippen molar-refractivity contribution in [2.75, 3.05) is 25.6 Å². The van der Waals surface area contributed by atoms with Gasteiger partial charge in [-0.2, -0.15) is 0 Å². The van der Waals surface area contributed by atoms with Crippen LogP contribution >= 0.6 is 11.6 Å². The maximum absolute atomic E-state index is 9.21. The number of benzene rings is 2. The largest absolute Gasteiger partial charge is 0.463 e. The Morgan fingerprint density at radius 2 is 1.72 bits per heavy atom. The van der Waals surface area contributed by atoms with Crippen LogP contribution in [0.1, 0.15) is 37.1 Å². The van der Waals surface area contributed by atoms with Gasteiger partial charge >= 0.3 is 0 Å². The summed E-state index contributed by atoms with van der Waals surface area (Å²) in [7, 11) is 0. The lowest BCUT2D eigenvalue weighted by Crippen LogP contribution is -2.26. The van der Waals surface area contributed by atoms with E-state index in [-0.39, 0.29) is 12.1 Å². The maximum Gasteiger partial charge on any atom is 0.285 e. The highest BCUT2D eigenvalue weighted by molar-refractivity contribution is 6.18. The Labute approximate surface area is 177 Å². The highest BCUT2D eigenvalue weighted by Crippen LogP contribution is 2.11. The Balaban J connectivity index is 0.000000242. The minimum absolute atomic E-state index is 0.159. The first-order valence-corrected chi connectivity index (χ1v) is 10.0. The SMILES string of the molecule is C[C@@H](N)c1ccccc1.C[C@@H](NC1=NCCO1)c1ccccc1.O=C=NCCCl. The molecule has 1 aliphatic heterocycles. The van der Waals surface area contributed by atoms with Crippen molar-refractivity contribution in [2.24, 2.45) is 15.7 Å². The lowest BCUT2D eigenvalue weighted by atomic mass is 10.1. The number of nitrogens with zero attached hydrogens (tertiary/aromatic N) is 2. The smallest absolute Gasteiger partial charge is 0.285 e. The fourth-order valence-electron chi connectivity index (χ4n) is 2.28. The van der Waals surface area contributed by atoms with Crippen molar-refractivity contribution >= 4 is 23.7 Å². The van der Waals surface area contributed by atoms with E-state index in [0.29, 0.717) is 25.1 Å². The summed E-state index contributed by atoms with van der Waals surface area (Å²) in [5, 5.41) is 3.22. The summed E-state index contributed by atoms with van der Waals surface area (Å²) < 4.78 is 5.28. The average molecular weight is 417 g/mol. The van der Waals surface area contributed by atoms with E-state index in [2.05, 4.69) is 34.4 Å². The Hall–Kier alpha value is -2.66. The molecule has 3 N–H and O–H groups in total. The molecule has 7 heteroatoms. The van der Waals surface area contributed by atoms with Gasteiger partial charge in [-0.05, 0) is 25.0 Å². The first kappa shape index (κ1) is 24.4. The molecular weight excluding hydrogens is 388 g/mol. The van der Waals surface area contributed by atoms with Crippen molar-refractivity contribution in [1.82, 2.24) is 5.32 Å². The number of amidine groups is 1. The third-order valence-electron chi connectivity index (χ3n) is 3.81. The van der Waals surface area contributed by atoms with Crippen LogP contribution in [0.3, 0.4) is 0 Å². The molecule has 3 rings (SSSR count). The number of rotatable bonds is 5. The van der Waals surface area contributed by atoms with Crippen LogP contribution in [0.5, 0.6) is 0 Å². The van der Waals surface area contributed by atoms with E-state index in [4.69, 9.17) is 22.1 Å². The van der Waals surface area contributed by atoms with Crippen molar-refractivity contribution in [1.29, 1.82) is 0 Å². The molecule has 0 saturated heterocycles. The quantitative estimate of drug-likeness (QED) is 0.438. The van der Waals surface area contributed by atoms with Gasteiger partial charge in [-0.15, -0.1) is 11.6 Å². The molecule has 2 atom stereocenters. The van der Waals surface area contributed by atoms with Gasteiger partial charge in [0.25, 0.3) is 6.02 Å². The molecular formula is C22H29ClN4O2. The standard InChI is InChI=1S/C11H14N2O.C8H11N.C3H4ClNO/c1-9(10-5-3-2-4-6-10)13-11-12-7-8-14-11;1-7(9)8-5-3-2-4-6-8;4-1-2-5-3-6/h2-6,9H,7-8H2,1H3,(H,12,13);2-7H,9H2,1H3;1-2H2/t9-;7-;/m11./s1. The molecule has 0 spiro atoms. The third-order valence-corrected chi connectivity index (χ3v) is 3.98. The van der Waals surface area contributed by atoms with E-state index in [9.17, 15) is 4.79 Å². The number of carbonyl (C=O) groups excluding carboxylic acids is 1. The monoisotopic (exact) mass is 416 g/mol. The van der Waals surface area contributed by atoms with Crippen molar-refractivity contribution in [3.8, 4) is 0 Å². The van der Waals surface area contributed by atoms with Crippen LogP contribution in [-0.2, 0) is 9.53 Å². The molecule has 2 aromatic rings. The predicted molar refractivity (Wildman–Crippen MR) is 119 cm³/mol. The van der Waals surface area contributed by atoms with Crippen LogP contribution in [-0.4, -0.2) is 37.7 Å². The van der Waals surface area contributed by atoms with E-state index in [0.717, 1.165) is 6.54 Å². The summed E-state index contributed by atoms with van der Waals surface area (Å²) in [6.07, 6.45) is 1.36. The lowest BCUT2D eigenvalue weighted by Gasteiger charge is -2.14. The van der Waals surface area contributed by atoms with E-state index >= 15 is 0 Å². The second-order valence-corrected chi connectivity index (χ2v) is 6.55. The van der Waals surface area contributed by atoms with E-state index in [1.54, 1.807) is 0 Å². The van der Waals surface area contributed by atoms with Crippen molar-refractivity contribution in [2.45, 2.75) is 25.9 Å². The summed E-state index contributed by atoms with van der Waals surface area (Å²) in [6.45, 7) is 5.92. The van der Waals surface area contributed by atoms with Gasteiger partial charge in [0.1, 0.15) is 6.61 Å². The normalized spacial score (nSPS) is 13.7. The van der Waals surface area contributed by atoms with E-state index in [1.165, 1.54) is 17.2 Å². The minimum Gasteiger partial charge on any atom is -0.463 e. The number of nitrogens with one attached hydrogen (secondary N) is 1. The molecule has 0 aromatic heterocycles. The lowest BCUT2D eigenvalue weighted by molar-refractivity contribution is 0.327. The molecule has 0 bridgehead atoms. The van der Waals surface area contributed by atoms with Crippen molar-refractivity contribution in [3.05, 3.63) is 71.8 Å². The van der Waals surface area contributed by atoms with Crippen molar-refractivity contribution < 1.29 is 9.53 Å². The zero-order valence-electron chi connectivity index (χ0n) is 16.9. The Morgan fingerprint density at radius 3 is 2.10 bits per heavy atom. The fourth-order valence-corrected chi connectivity index (χ4v) is 2.36. The summed E-state index contributed by atoms with van der Waals surface area (Å²) in [5.41, 5.74) is 8.05. The maximum atomic E-state index is 9.21. The molecule has 0 fully saturated rings. The molecule has 0 radical (unpaired) electrons. The molecule has 1 heterocycles. The van der Waals surface area contributed by atoms with Gasteiger partial charge in [-0.25, -0.2) is 14.8 Å². The number of alkyl halides is 1. The van der Waals surface area contributed by atoms with Crippen LogP contribution in [0.2, 0.25) is 0 Å². The second-order valence-electron chi connectivity index (χ2n) is 6.17. The van der Waals surface area contributed by atoms with Gasteiger partial charge in [0.15, 0.2) is 0 Å². The fraction of sp³-hybridized carbons (Fsp3) is 0.364. The Bertz CT molecular complexity index is 748. The topological polar surface area (TPSA) is 89.1 Å². The molecule has 29 heavy (non-hydrogen) atoms. The highest BCUT2D eigenvalue weighted by atomic mass is 35.5. The Morgan fingerprint density at radius 1 is 1.14 bits per heavy atom. The van der Waals surface area contributed by atoms with Crippen LogP contribution in [0, 0.1) is 0 Å². The summed E-state index contributed by atoms with van der Waals surface area (Å²) in [5.74, 6) is 0.398. The van der Waals surface area contributed by atoms with Gasteiger partial charge in [0.05, 0.1) is 19.1 Å². The molecule has 0 saturated carbocycles. The first-order chi connectivity index (χ1) is 14.1. The third kappa shape index (κ3) is 11.1. The molecule has 6 nitrogen and oxygen atoms in total. The number of aliphatic imine (C=N–C) groups is 2. The van der Waals surface area contributed by atoms with Crippen LogP contribution in [0.4, 0.5) is 0 Å². The number of halogens is 1. The molecule has 0 unspecified atom stereocenters. The zero-order chi connectivity index (χ0) is 21.3. The zero-order valence-corrected chi connectivity index (χ0v) is 17.7. The van der Waals surface area contributed by atoms with Gasteiger partial charge in [-0.3, -0.25) is 0 Å². The Kier molecular flexibility index (Phi) is 12.8. The van der Waals surface area contributed by atoms with Crippen molar-refractivity contribution in [3.63, 3.8) is 0 Å². The predicted octanol–water partition coefficient (Wildman–Crippen LogP) is 3.99. The average Bonchev–Trinajstić information content (AvgIpc) is 3.27. The summed E-state index contributed by atoms with van der Waals surface area (Å²) in [6, 6.07) is 21.4. The molecule has 156 valence electrons. The van der Waals surface area contributed by atoms with Crippen LogP contribution in [0.25, 0.3) is 0 Å². The molecule has 0 amide bonds. The van der Waals surface area contributed by atoms with Gasteiger partial charge < -0.3 is 15.8 Å². The number of nitrogens with two attached hydrogens (primary N) is 1. The first-order valence-electron chi connectivity index (χ1n) is 9.47. The van der Waals surface area contributed by atoms with Gasteiger partial charge in [0.2, 0.25) is 6.08 Å². The second kappa shape index (κ2) is 15.3. The van der Waals surface area contributed by atoms with Crippen LogP contribution < -0.4 is 11.1 Å². The van der Waals surface area contributed by atoms with Gasteiger partial charge in [-0.1, -0.05) is 60.7 Å². The minimum atomic E-state index is 0.159. The van der Waals surface area contributed by atoms with Crippen LogP contribution in [0.15, 0.2) is 70.6 Å². The highest BCUT2D eigenvalue weighted by Gasteiger charge is 2.11. The summed E-state index contributed by atoms with van der Waals surface area (Å²) in [4.78, 5) is 16.6. The molecule has 0 aliphatic carbocycles.